The van der Waals surface area contributed by atoms with Crippen molar-refractivity contribution < 1.29 is 4.79 Å². The van der Waals surface area contributed by atoms with E-state index in [0.29, 0.717) is 5.91 Å². The predicted molar refractivity (Wildman–Crippen MR) is 83.4 cm³/mol. The number of nitrogens with one attached hydrogen (secondary N) is 1. The summed E-state index contributed by atoms with van der Waals surface area (Å²) in [5.41, 5.74) is 2.54. The fourth-order valence-electron chi connectivity index (χ4n) is 3.04. The Bertz CT molecular complexity index is 487. The zero-order chi connectivity index (χ0) is 13.2. The molecule has 0 aliphatic carbocycles. The van der Waals surface area contributed by atoms with Gasteiger partial charge in [-0.2, -0.15) is 0 Å². The fourth-order valence-corrected chi connectivity index (χ4v) is 3.24. The third-order valence-corrected chi connectivity index (χ3v) is 4.42. The smallest absolute Gasteiger partial charge is 0.226 e. The molecule has 0 saturated carbocycles. The Morgan fingerprint density at radius 1 is 1.25 bits per heavy atom. The lowest BCUT2D eigenvalue weighted by Crippen LogP contribution is -2.43. The number of fused-ring (bicyclic) bond motifs is 1. The van der Waals surface area contributed by atoms with Gasteiger partial charge in [-0.1, -0.05) is 17.7 Å². The molecule has 1 aromatic rings. The number of hydrogen-bond donors (Lipinski definition) is 1. The highest BCUT2D eigenvalue weighted by Gasteiger charge is 2.28. The van der Waals surface area contributed by atoms with Crippen molar-refractivity contribution in [2.24, 2.45) is 5.92 Å². The van der Waals surface area contributed by atoms with Gasteiger partial charge in [0.1, 0.15) is 0 Å². The van der Waals surface area contributed by atoms with Crippen LogP contribution in [0.1, 0.15) is 24.0 Å². The first-order chi connectivity index (χ1) is 9.24. The number of halogens is 2. The first-order valence-corrected chi connectivity index (χ1v) is 7.38. The quantitative estimate of drug-likeness (QED) is 0.864. The molecular formula is C15H20Cl2N2O. The van der Waals surface area contributed by atoms with E-state index >= 15 is 0 Å². The summed E-state index contributed by atoms with van der Waals surface area (Å²) in [7, 11) is 0. The van der Waals surface area contributed by atoms with Crippen molar-refractivity contribution >= 4 is 29.9 Å². The summed E-state index contributed by atoms with van der Waals surface area (Å²) >= 11 is 6.04. The van der Waals surface area contributed by atoms with Gasteiger partial charge in [0.15, 0.2) is 0 Å². The first kappa shape index (κ1) is 15.6. The molecule has 1 saturated heterocycles. The van der Waals surface area contributed by atoms with Crippen LogP contribution in [-0.2, 0) is 17.8 Å². The lowest BCUT2D eigenvalue weighted by atomic mass is 9.94. The van der Waals surface area contributed by atoms with Gasteiger partial charge in [-0.05, 0) is 55.6 Å². The molecule has 3 nitrogen and oxygen atoms in total. The molecule has 20 heavy (non-hydrogen) atoms. The number of benzene rings is 1. The van der Waals surface area contributed by atoms with Crippen LogP contribution in [0.2, 0.25) is 5.02 Å². The molecule has 1 amide bonds. The van der Waals surface area contributed by atoms with E-state index in [1.54, 1.807) is 0 Å². The lowest BCUT2D eigenvalue weighted by molar-refractivity contribution is -0.137. The van der Waals surface area contributed by atoms with Crippen LogP contribution in [-0.4, -0.2) is 30.4 Å². The molecule has 110 valence electrons. The molecule has 0 atom stereocenters. The van der Waals surface area contributed by atoms with Crippen molar-refractivity contribution in [3.63, 3.8) is 0 Å². The molecule has 0 aromatic heterocycles. The molecule has 0 spiro atoms. The second kappa shape index (κ2) is 6.79. The summed E-state index contributed by atoms with van der Waals surface area (Å²) in [6.07, 6.45) is 2.89. The van der Waals surface area contributed by atoms with Crippen molar-refractivity contribution in [3.05, 3.63) is 34.3 Å². The zero-order valence-corrected chi connectivity index (χ0v) is 13.0. The second-order valence-electron chi connectivity index (χ2n) is 5.45. The molecular weight excluding hydrogens is 295 g/mol. The summed E-state index contributed by atoms with van der Waals surface area (Å²) < 4.78 is 0. The minimum absolute atomic E-state index is 0. The van der Waals surface area contributed by atoms with Gasteiger partial charge in [0, 0.05) is 24.0 Å². The SMILES string of the molecule is Cl.O=C(C1CCNCC1)N1CCc2ccc(Cl)cc2C1. The van der Waals surface area contributed by atoms with E-state index in [-0.39, 0.29) is 18.3 Å². The maximum atomic E-state index is 12.5. The van der Waals surface area contributed by atoms with Gasteiger partial charge < -0.3 is 10.2 Å². The molecule has 0 unspecified atom stereocenters. The van der Waals surface area contributed by atoms with Crippen LogP contribution in [0.25, 0.3) is 0 Å². The third kappa shape index (κ3) is 3.27. The molecule has 1 aromatic carbocycles. The summed E-state index contributed by atoms with van der Waals surface area (Å²) in [4.78, 5) is 14.5. The number of carbonyl (C=O) groups is 1. The molecule has 0 bridgehead atoms. The highest BCUT2D eigenvalue weighted by molar-refractivity contribution is 6.30. The van der Waals surface area contributed by atoms with E-state index in [1.807, 2.05) is 17.0 Å². The van der Waals surface area contributed by atoms with Gasteiger partial charge in [0.25, 0.3) is 0 Å². The molecule has 1 fully saturated rings. The van der Waals surface area contributed by atoms with Crippen LogP contribution in [0.5, 0.6) is 0 Å². The fraction of sp³-hybridized carbons (Fsp3) is 0.533. The van der Waals surface area contributed by atoms with Crippen molar-refractivity contribution in [2.45, 2.75) is 25.8 Å². The number of hydrogen-bond acceptors (Lipinski definition) is 2. The van der Waals surface area contributed by atoms with Crippen LogP contribution < -0.4 is 5.32 Å². The number of carbonyl (C=O) groups excluding carboxylic acids is 1. The van der Waals surface area contributed by atoms with E-state index in [1.165, 1.54) is 11.1 Å². The van der Waals surface area contributed by atoms with Crippen LogP contribution in [0.4, 0.5) is 0 Å². The van der Waals surface area contributed by atoms with Crippen molar-refractivity contribution in [1.29, 1.82) is 0 Å². The minimum Gasteiger partial charge on any atom is -0.338 e. The van der Waals surface area contributed by atoms with Gasteiger partial charge >= 0.3 is 0 Å². The lowest BCUT2D eigenvalue weighted by Gasteiger charge is -2.33. The van der Waals surface area contributed by atoms with Gasteiger partial charge in [0.05, 0.1) is 0 Å². The van der Waals surface area contributed by atoms with E-state index in [2.05, 4.69) is 11.4 Å². The third-order valence-electron chi connectivity index (χ3n) is 4.18. The summed E-state index contributed by atoms with van der Waals surface area (Å²) in [5, 5.41) is 4.07. The van der Waals surface area contributed by atoms with E-state index < -0.39 is 0 Å². The topological polar surface area (TPSA) is 32.3 Å². The number of nitrogens with zero attached hydrogens (tertiary/aromatic N) is 1. The maximum absolute atomic E-state index is 12.5. The molecule has 2 aliphatic heterocycles. The Labute approximate surface area is 131 Å². The largest absolute Gasteiger partial charge is 0.338 e. The first-order valence-electron chi connectivity index (χ1n) is 7.01. The molecule has 1 N–H and O–H groups in total. The van der Waals surface area contributed by atoms with Gasteiger partial charge in [-0.25, -0.2) is 0 Å². The van der Waals surface area contributed by atoms with Crippen molar-refractivity contribution in [1.82, 2.24) is 10.2 Å². The van der Waals surface area contributed by atoms with E-state index in [4.69, 9.17) is 11.6 Å². The predicted octanol–water partition coefficient (Wildman–Crippen LogP) is 2.65. The molecule has 5 heteroatoms. The number of piperidine rings is 1. The van der Waals surface area contributed by atoms with E-state index in [9.17, 15) is 4.79 Å². The number of rotatable bonds is 1. The Morgan fingerprint density at radius 2 is 2.00 bits per heavy atom. The molecule has 2 heterocycles. The Balaban J connectivity index is 0.00000147. The molecule has 0 radical (unpaired) electrons. The normalized spacial score (nSPS) is 19.1. The minimum atomic E-state index is 0. The Hall–Kier alpha value is -0.770. The maximum Gasteiger partial charge on any atom is 0.226 e. The average Bonchev–Trinajstić information content (AvgIpc) is 2.46. The van der Waals surface area contributed by atoms with Crippen LogP contribution in [0.3, 0.4) is 0 Å². The monoisotopic (exact) mass is 314 g/mol. The summed E-state index contributed by atoms with van der Waals surface area (Å²) in [6.45, 7) is 3.50. The summed E-state index contributed by atoms with van der Waals surface area (Å²) in [6, 6.07) is 6.02. The van der Waals surface area contributed by atoms with Gasteiger partial charge in [-0.3, -0.25) is 4.79 Å². The zero-order valence-electron chi connectivity index (χ0n) is 11.4. The van der Waals surface area contributed by atoms with Crippen LogP contribution in [0.15, 0.2) is 18.2 Å². The second-order valence-corrected chi connectivity index (χ2v) is 5.88. The van der Waals surface area contributed by atoms with Crippen molar-refractivity contribution in [3.8, 4) is 0 Å². The highest BCUT2D eigenvalue weighted by Crippen LogP contribution is 2.25. The van der Waals surface area contributed by atoms with E-state index in [0.717, 1.165) is 50.5 Å². The average molecular weight is 315 g/mol. The standard InChI is InChI=1S/C15H19ClN2O.ClH/c16-14-2-1-11-5-8-18(10-13(11)9-14)15(19)12-3-6-17-7-4-12;/h1-2,9,12,17H,3-8,10H2;1H. The molecule has 3 rings (SSSR count). The van der Waals surface area contributed by atoms with Crippen LogP contribution >= 0.6 is 24.0 Å². The van der Waals surface area contributed by atoms with Gasteiger partial charge in [0.2, 0.25) is 5.91 Å². The van der Waals surface area contributed by atoms with Gasteiger partial charge in [-0.15, -0.1) is 12.4 Å². The summed E-state index contributed by atoms with van der Waals surface area (Å²) in [5.74, 6) is 0.536. The Kier molecular flexibility index (Phi) is 5.30. The van der Waals surface area contributed by atoms with Crippen LogP contribution in [0, 0.1) is 5.92 Å². The molecule has 2 aliphatic rings. The Morgan fingerprint density at radius 3 is 2.75 bits per heavy atom. The number of amides is 1. The highest BCUT2D eigenvalue weighted by atomic mass is 35.5. The van der Waals surface area contributed by atoms with Crippen molar-refractivity contribution in [2.75, 3.05) is 19.6 Å².